The molecule has 0 aliphatic rings. The molecule has 0 heterocycles. The highest BCUT2D eigenvalue weighted by Gasteiger charge is 2.16. The number of aliphatic hydroxyl groups excluding tert-OH is 1. The lowest BCUT2D eigenvalue weighted by Crippen LogP contribution is -2.38. The highest BCUT2D eigenvalue weighted by Crippen LogP contribution is 2.25. The Morgan fingerprint density at radius 2 is 1.89 bits per heavy atom. The van der Waals surface area contributed by atoms with Crippen molar-refractivity contribution in [2.24, 2.45) is 0 Å². The summed E-state index contributed by atoms with van der Waals surface area (Å²) in [5.41, 5.74) is 0.780. The van der Waals surface area contributed by atoms with E-state index in [-0.39, 0.29) is 5.54 Å². The molecule has 0 fully saturated rings. The minimum Gasteiger partial charge on any atom is -0.491 e. The molecule has 1 rings (SSSR count). The lowest BCUT2D eigenvalue weighted by atomic mass is 10.1. The number of methoxy groups -OCH3 is 1. The molecule has 0 bridgehead atoms. The molecule has 0 spiro atoms. The molecule has 0 saturated heterocycles. The molecule has 0 aliphatic heterocycles. The van der Waals surface area contributed by atoms with Crippen LogP contribution in [0.1, 0.15) is 32.4 Å². The number of rotatable bonds is 7. The fraction of sp³-hybridized carbons (Fsp3) is 0.600. The van der Waals surface area contributed by atoms with Gasteiger partial charge in [0.25, 0.3) is 0 Å². The summed E-state index contributed by atoms with van der Waals surface area (Å²) in [7, 11) is 1.64. The summed E-state index contributed by atoms with van der Waals surface area (Å²) in [6.45, 7) is 7.72. The second-order valence-corrected chi connectivity index (χ2v) is 5.53. The topological polar surface area (TPSA) is 50.7 Å². The van der Waals surface area contributed by atoms with Gasteiger partial charge < -0.3 is 19.9 Å². The molecular weight excluding hydrogens is 242 g/mol. The minimum atomic E-state index is -0.585. The van der Waals surface area contributed by atoms with Gasteiger partial charge in [-0.05, 0) is 26.8 Å². The van der Waals surface area contributed by atoms with Crippen LogP contribution in [-0.4, -0.2) is 37.5 Å². The van der Waals surface area contributed by atoms with Crippen LogP contribution in [0.3, 0.4) is 0 Å². The zero-order chi connectivity index (χ0) is 14.3. The third-order valence-electron chi connectivity index (χ3n) is 2.65. The monoisotopic (exact) mass is 267 g/mol. The van der Waals surface area contributed by atoms with Crippen LogP contribution in [0.2, 0.25) is 0 Å². The minimum absolute atomic E-state index is 0.0210. The number of benzene rings is 1. The highest BCUT2D eigenvalue weighted by atomic mass is 16.5. The van der Waals surface area contributed by atoms with Crippen molar-refractivity contribution in [3.63, 3.8) is 0 Å². The average Bonchev–Trinajstić information content (AvgIpc) is 2.36. The van der Waals surface area contributed by atoms with Gasteiger partial charge >= 0.3 is 0 Å². The first-order valence-corrected chi connectivity index (χ1v) is 6.58. The summed E-state index contributed by atoms with van der Waals surface area (Å²) in [5.74, 6) is 0.711. The maximum atomic E-state index is 10.2. The summed E-state index contributed by atoms with van der Waals surface area (Å²) in [6.07, 6.45) is -0.585. The van der Waals surface area contributed by atoms with Gasteiger partial charge in [-0.15, -0.1) is 0 Å². The maximum Gasteiger partial charge on any atom is 0.125 e. The number of hydrogen-bond acceptors (Lipinski definition) is 4. The van der Waals surface area contributed by atoms with E-state index in [1.54, 1.807) is 7.11 Å². The van der Waals surface area contributed by atoms with Crippen LogP contribution in [0.25, 0.3) is 0 Å². The van der Waals surface area contributed by atoms with Crippen molar-refractivity contribution in [1.82, 2.24) is 5.32 Å². The molecule has 1 aromatic rings. The van der Waals surface area contributed by atoms with E-state index in [0.29, 0.717) is 25.5 Å². The van der Waals surface area contributed by atoms with E-state index < -0.39 is 6.10 Å². The molecule has 1 atom stereocenters. The van der Waals surface area contributed by atoms with Gasteiger partial charge in [-0.2, -0.15) is 0 Å². The van der Waals surface area contributed by atoms with Crippen LogP contribution in [0.5, 0.6) is 5.75 Å². The second kappa shape index (κ2) is 7.48. The van der Waals surface area contributed by atoms with Gasteiger partial charge in [0.15, 0.2) is 0 Å². The van der Waals surface area contributed by atoms with Crippen LogP contribution in [0.4, 0.5) is 0 Å². The Hall–Kier alpha value is -1.10. The number of β-amino-alcohol motifs (C(OH)–C–C–N with tert-alkyl or cyclic N) is 1. The first kappa shape index (κ1) is 16.0. The van der Waals surface area contributed by atoms with E-state index >= 15 is 0 Å². The SMILES string of the molecule is COCCOc1ccccc1C(O)CNC(C)(C)C. The predicted octanol–water partition coefficient (Wildman–Crippen LogP) is 2.13. The van der Waals surface area contributed by atoms with Gasteiger partial charge in [0.1, 0.15) is 12.4 Å². The van der Waals surface area contributed by atoms with Gasteiger partial charge in [-0.25, -0.2) is 0 Å². The summed E-state index contributed by atoms with van der Waals surface area (Å²) in [6, 6.07) is 7.55. The number of nitrogens with one attached hydrogen (secondary N) is 1. The van der Waals surface area contributed by atoms with E-state index in [9.17, 15) is 5.11 Å². The van der Waals surface area contributed by atoms with Crippen LogP contribution in [-0.2, 0) is 4.74 Å². The van der Waals surface area contributed by atoms with Crippen molar-refractivity contribution in [2.75, 3.05) is 26.9 Å². The van der Waals surface area contributed by atoms with E-state index in [2.05, 4.69) is 26.1 Å². The van der Waals surface area contributed by atoms with Crippen LogP contribution >= 0.6 is 0 Å². The van der Waals surface area contributed by atoms with E-state index in [1.807, 2.05) is 24.3 Å². The smallest absolute Gasteiger partial charge is 0.125 e. The molecule has 0 amide bonds. The van der Waals surface area contributed by atoms with Crippen LogP contribution in [0, 0.1) is 0 Å². The van der Waals surface area contributed by atoms with Gasteiger partial charge in [0.2, 0.25) is 0 Å². The Morgan fingerprint density at radius 1 is 1.21 bits per heavy atom. The molecular formula is C15H25NO3. The van der Waals surface area contributed by atoms with Crippen molar-refractivity contribution in [1.29, 1.82) is 0 Å². The van der Waals surface area contributed by atoms with E-state index in [1.165, 1.54) is 0 Å². The predicted molar refractivity (Wildman–Crippen MR) is 76.5 cm³/mol. The number of aliphatic hydroxyl groups is 1. The standard InChI is InChI=1S/C15H25NO3/c1-15(2,3)16-11-13(17)12-7-5-6-8-14(12)19-10-9-18-4/h5-8,13,16-17H,9-11H2,1-4H3. The van der Waals surface area contributed by atoms with E-state index in [4.69, 9.17) is 9.47 Å². The molecule has 2 N–H and O–H groups in total. The Kier molecular flexibility index (Phi) is 6.28. The molecule has 0 saturated carbocycles. The number of hydrogen-bond donors (Lipinski definition) is 2. The fourth-order valence-electron chi connectivity index (χ4n) is 1.64. The van der Waals surface area contributed by atoms with Crippen LogP contribution in [0.15, 0.2) is 24.3 Å². The normalized spacial score (nSPS) is 13.3. The van der Waals surface area contributed by atoms with E-state index in [0.717, 1.165) is 5.56 Å². The molecule has 0 radical (unpaired) electrons. The molecule has 19 heavy (non-hydrogen) atoms. The summed E-state index contributed by atoms with van der Waals surface area (Å²) >= 11 is 0. The molecule has 0 aliphatic carbocycles. The molecule has 4 nitrogen and oxygen atoms in total. The second-order valence-electron chi connectivity index (χ2n) is 5.53. The Bertz CT molecular complexity index is 374. The molecule has 1 aromatic carbocycles. The Morgan fingerprint density at radius 3 is 2.53 bits per heavy atom. The van der Waals surface area contributed by atoms with Crippen LogP contribution < -0.4 is 10.1 Å². The Balaban J connectivity index is 2.64. The third kappa shape index (κ3) is 6.05. The fourth-order valence-corrected chi connectivity index (χ4v) is 1.64. The number of ether oxygens (including phenoxy) is 2. The molecule has 4 heteroatoms. The Labute approximate surface area is 115 Å². The van der Waals surface area contributed by atoms with Crippen molar-refractivity contribution < 1.29 is 14.6 Å². The van der Waals surface area contributed by atoms with Crippen molar-refractivity contribution in [3.8, 4) is 5.75 Å². The average molecular weight is 267 g/mol. The summed E-state index contributed by atoms with van der Waals surface area (Å²) in [5, 5.41) is 13.5. The molecule has 1 unspecified atom stereocenters. The molecule has 108 valence electrons. The number of para-hydroxylation sites is 1. The zero-order valence-corrected chi connectivity index (χ0v) is 12.3. The maximum absolute atomic E-state index is 10.2. The third-order valence-corrected chi connectivity index (χ3v) is 2.65. The van der Waals surface area contributed by atoms with Crippen molar-refractivity contribution in [3.05, 3.63) is 29.8 Å². The van der Waals surface area contributed by atoms with Gasteiger partial charge in [0.05, 0.1) is 12.7 Å². The summed E-state index contributed by atoms with van der Waals surface area (Å²) < 4.78 is 10.6. The largest absolute Gasteiger partial charge is 0.491 e. The van der Waals surface area contributed by atoms with Crippen molar-refractivity contribution in [2.45, 2.75) is 32.4 Å². The first-order valence-electron chi connectivity index (χ1n) is 6.58. The first-order chi connectivity index (χ1) is 8.94. The van der Waals surface area contributed by atoms with Crippen molar-refractivity contribution >= 4 is 0 Å². The quantitative estimate of drug-likeness (QED) is 0.743. The van der Waals surface area contributed by atoms with Gasteiger partial charge in [-0.3, -0.25) is 0 Å². The molecule has 0 aromatic heterocycles. The van der Waals surface area contributed by atoms with Gasteiger partial charge in [-0.1, -0.05) is 18.2 Å². The van der Waals surface area contributed by atoms with Gasteiger partial charge in [0, 0.05) is 24.8 Å². The summed E-state index contributed by atoms with van der Waals surface area (Å²) in [4.78, 5) is 0. The lowest BCUT2D eigenvalue weighted by molar-refractivity contribution is 0.135. The lowest BCUT2D eigenvalue weighted by Gasteiger charge is -2.24. The highest BCUT2D eigenvalue weighted by molar-refractivity contribution is 5.35. The zero-order valence-electron chi connectivity index (χ0n) is 12.3.